The molecule has 3 fully saturated rings. The Kier molecular flexibility index (Phi) is 4.67. The van der Waals surface area contributed by atoms with Crippen molar-refractivity contribution in [1.29, 1.82) is 0 Å². The maximum Gasteiger partial charge on any atom is 0.422 e. The number of ether oxygens (including phenoxy) is 2. The lowest BCUT2D eigenvalue weighted by Crippen LogP contribution is -2.44. The van der Waals surface area contributed by atoms with Gasteiger partial charge in [0.2, 0.25) is 10.0 Å². The van der Waals surface area contributed by atoms with Crippen molar-refractivity contribution in [2.75, 3.05) is 13.2 Å². The molecule has 5 atom stereocenters. The Morgan fingerprint density at radius 2 is 1.96 bits per heavy atom. The molecule has 8 nitrogen and oxygen atoms in total. The Labute approximate surface area is 147 Å². The van der Waals surface area contributed by atoms with Gasteiger partial charge in [-0.1, -0.05) is 6.58 Å². The molecular weight excluding hydrogens is 381 g/mol. The number of rotatable bonds is 5. The number of alkyl carbamates (subject to hydrolysis) is 1. The van der Waals surface area contributed by atoms with Crippen molar-refractivity contribution in [3.63, 3.8) is 0 Å². The summed E-state index contributed by atoms with van der Waals surface area (Å²) < 4.78 is 72.6. The van der Waals surface area contributed by atoms with E-state index < -0.39 is 57.8 Å². The van der Waals surface area contributed by atoms with Crippen LogP contribution in [0.25, 0.3) is 0 Å². The summed E-state index contributed by atoms with van der Waals surface area (Å²) in [6.45, 7) is 1.85. The molecule has 1 heterocycles. The number of fused-ring (bicyclic) bond motifs is 1. The lowest BCUT2D eigenvalue weighted by molar-refractivity contribution is -0.150. The molecule has 2 bridgehead atoms. The third-order valence-corrected chi connectivity index (χ3v) is 6.94. The highest BCUT2D eigenvalue weighted by atomic mass is 32.2. The van der Waals surface area contributed by atoms with Crippen molar-refractivity contribution in [1.82, 2.24) is 10.0 Å². The predicted octanol–water partition coefficient (Wildman–Crippen LogP) is 0.453. The maximum absolute atomic E-state index is 12.2. The van der Waals surface area contributed by atoms with Gasteiger partial charge in [0.15, 0.2) is 0 Å². The number of sulfonamides is 1. The molecule has 0 spiro atoms. The summed E-state index contributed by atoms with van der Waals surface area (Å²) in [5, 5.41) is 1.83. The highest BCUT2D eigenvalue weighted by molar-refractivity contribution is 7.90. The van der Waals surface area contributed by atoms with Crippen LogP contribution in [0.2, 0.25) is 0 Å². The lowest BCUT2D eigenvalue weighted by atomic mass is 9.93. The number of esters is 1. The lowest BCUT2D eigenvalue weighted by Gasteiger charge is -2.25. The first-order valence-electron chi connectivity index (χ1n) is 7.89. The van der Waals surface area contributed by atoms with E-state index >= 15 is 0 Å². The molecule has 26 heavy (non-hydrogen) atoms. The van der Waals surface area contributed by atoms with Crippen molar-refractivity contribution in [3.8, 4) is 0 Å². The third kappa shape index (κ3) is 3.39. The molecule has 2 saturated carbocycles. The molecule has 1 saturated heterocycles. The van der Waals surface area contributed by atoms with Crippen molar-refractivity contribution >= 4 is 22.1 Å². The Hall–Kier alpha value is -1.82. The number of hydrogen-bond acceptors (Lipinski definition) is 6. The normalized spacial score (nSPS) is 33.7. The van der Waals surface area contributed by atoms with Gasteiger partial charge in [-0.3, -0.25) is 0 Å². The minimum absolute atomic E-state index is 0.0431. The first-order chi connectivity index (χ1) is 12.0. The molecule has 5 unspecified atom stereocenters. The minimum atomic E-state index is -4.88. The van der Waals surface area contributed by atoms with E-state index in [4.69, 9.17) is 4.74 Å². The van der Waals surface area contributed by atoms with Crippen LogP contribution in [0.1, 0.15) is 12.8 Å². The topological polar surface area (TPSA) is 111 Å². The van der Waals surface area contributed by atoms with E-state index in [-0.39, 0.29) is 18.4 Å². The van der Waals surface area contributed by atoms with Gasteiger partial charge in [-0.25, -0.2) is 22.7 Å². The maximum atomic E-state index is 12.2. The van der Waals surface area contributed by atoms with Gasteiger partial charge < -0.3 is 14.8 Å². The van der Waals surface area contributed by atoms with Crippen LogP contribution in [0.15, 0.2) is 12.2 Å². The monoisotopic (exact) mass is 398 g/mol. The quantitative estimate of drug-likeness (QED) is 0.395. The molecule has 12 heteroatoms. The minimum Gasteiger partial charge on any atom is -0.460 e. The van der Waals surface area contributed by atoms with E-state index in [9.17, 15) is 31.2 Å². The van der Waals surface area contributed by atoms with E-state index in [1.807, 2.05) is 0 Å². The second-order valence-electron chi connectivity index (χ2n) is 6.53. The Morgan fingerprint density at radius 3 is 2.62 bits per heavy atom. The first kappa shape index (κ1) is 19.0. The van der Waals surface area contributed by atoms with Gasteiger partial charge >= 0.3 is 18.2 Å². The number of halogens is 3. The van der Waals surface area contributed by atoms with Gasteiger partial charge in [-0.05, 0) is 24.7 Å². The number of nitrogens with one attached hydrogen (secondary N) is 2. The Bertz CT molecular complexity index is 737. The zero-order valence-corrected chi connectivity index (χ0v) is 14.2. The van der Waals surface area contributed by atoms with Crippen LogP contribution >= 0.6 is 0 Å². The fraction of sp³-hybridized carbons (Fsp3) is 0.714. The third-order valence-electron chi connectivity index (χ3n) is 5.00. The van der Waals surface area contributed by atoms with Crippen LogP contribution in [0, 0.1) is 11.8 Å². The molecule has 3 aliphatic rings. The van der Waals surface area contributed by atoms with Gasteiger partial charge in [0.1, 0.15) is 18.3 Å². The van der Waals surface area contributed by atoms with E-state index in [1.165, 1.54) is 0 Å². The van der Waals surface area contributed by atoms with Crippen LogP contribution in [-0.2, 0) is 24.3 Å². The smallest absolute Gasteiger partial charge is 0.422 e. The summed E-state index contributed by atoms with van der Waals surface area (Å²) in [6.07, 6.45) is -5.21. The zero-order valence-electron chi connectivity index (χ0n) is 13.4. The fourth-order valence-corrected chi connectivity index (χ4v) is 5.98. The number of alkyl halides is 3. The van der Waals surface area contributed by atoms with Crippen LogP contribution < -0.4 is 10.0 Å². The Balaban J connectivity index is 1.41. The highest BCUT2D eigenvalue weighted by Crippen LogP contribution is 2.52. The van der Waals surface area contributed by atoms with E-state index in [1.54, 1.807) is 0 Å². The molecule has 3 rings (SSSR count). The average Bonchev–Trinajstić information content (AvgIpc) is 3.14. The van der Waals surface area contributed by atoms with Crippen molar-refractivity contribution in [2.24, 2.45) is 11.8 Å². The first-order valence-corrected chi connectivity index (χ1v) is 9.44. The predicted molar refractivity (Wildman–Crippen MR) is 80.3 cm³/mol. The van der Waals surface area contributed by atoms with Gasteiger partial charge in [0, 0.05) is 0 Å². The van der Waals surface area contributed by atoms with Crippen molar-refractivity contribution in [2.45, 2.75) is 36.4 Å². The summed E-state index contributed by atoms with van der Waals surface area (Å²) in [4.78, 5) is 22.9. The average molecular weight is 398 g/mol. The number of carbonyl (C=O) groups excluding carboxylic acids is 2. The molecule has 0 radical (unpaired) electrons. The SMILES string of the molecule is C=C(C(=O)OCCNC(=O)OC1C2CC3C1NS(=O)(=O)C3C2)C(F)(F)F. The van der Waals surface area contributed by atoms with Crippen LogP contribution in [0.5, 0.6) is 0 Å². The van der Waals surface area contributed by atoms with E-state index in [0.29, 0.717) is 12.8 Å². The number of amides is 1. The fourth-order valence-electron chi connectivity index (χ4n) is 3.88. The van der Waals surface area contributed by atoms with Gasteiger partial charge in [0.05, 0.1) is 17.8 Å². The van der Waals surface area contributed by atoms with Crippen molar-refractivity contribution in [3.05, 3.63) is 12.2 Å². The molecule has 2 N–H and O–H groups in total. The molecule has 0 aromatic rings. The zero-order chi connectivity index (χ0) is 19.3. The summed E-state index contributed by atoms with van der Waals surface area (Å²) in [7, 11) is -3.37. The molecule has 146 valence electrons. The molecule has 0 aromatic heterocycles. The second kappa shape index (κ2) is 6.41. The van der Waals surface area contributed by atoms with Crippen molar-refractivity contribution < 1.29 is 40.7 Å². The summed E-state index contributed by atoms with van der Waals surface area (Å²) >= 11 is 0. The summed E-state index contributed by atoms with van der Waals surface area (Å²) in [5.74, 6) is -1.73. The number of hydrogen-bond donors (Lipinski definition) is 2. The largest absolute Gasteiger partial charge is 0.460 e. The van der Waals surface area contributed by atoms with E-state index in [2.05, 4.69) is 21.4 Å². The van der Waals surface area contributed by atoms with Crippen LogP contribution in [0.3, 0.4) is 0 Å². The van der Waals surface area contributed by atoms with E-state index in [0.717, 1.165) is 0 Å². The standard InChI is InChI=1S/C14H17F3N2O6S/c1-6(14(15,16)17)12(20)24-3-2-18-13(21)25-11-7-4-8-9(5-7)26(22,23)19-10(8)11/h7-11,19H,1-5H2,(H,18,21). The van der Waals surface area contributed by atoms with Gasteiger partial charge in [-0.15, -0.1) is 0 Å². The molecule has 1 amide bonds. The van der Waals surface area contributed by atoms with Crippen LogP contribution in [-0.4, -0.2) is 57.2 Å². The summed E-state index contributed by atoms with van der Waals surface area (Å²) in [5.41, 5.74) is -1.63. The van der Waals surface area contributed by atoms with Gasteiger partial charge in [-0.2, -0.15) is 13.2 Å². The second-order valence-corrected chi connectivity index (χ2v) is 8.46. The molecule has 1 aliphatic heterocycles. The highest BCUT2D eigenvalue weighted by Gasteiger charge is 2.63. The van der Waals surface area contributed by atoms with Gasteiger partial charge in [0.25, 0.3) is 0 Å². The van der Waals surface area contributed by atoms with Crippen LogP contribution in [0.4, 0.5) is 18.0 Å². The number of carbonyl (C=O) groups is 2. The Morgan fingerprint density at radius 1 is 1.27 bits per heavy atom. The molecule has 2 aliphatic carbocycles. The molecule has 0 aromatic carbocycles. The molecular formula is C14H17F3N2O6S. The summed E-state index contributed by atoms with van der Waals surface area (Å²) in [6, 6.07) is -0.442.